The van der Waals surface area contributed by atoms with E-state index in [1.807, 2.05) is 6.92 Å². The molecule has 0 bridgehead atoms. The van der Waals surface area contributed by atoms with Gasteiger partial charge in [-0.15, -0.1) is 0 Å². The second kappa shape index (κ2) is 8.65. The zero-order chi connectivity index (χ0) is 20.3. The molecule has 8 heteroatoms. The van der Waals surface area contributed by atoms with E-state index in [2.05, 4.69) is 17.2 Å². The molecule has 3 N–H and O–H groups in total. The van der Waals surface area contributed by atoms with E-state index in [-0.39, 0.29) is 40.8 Å². The molecule has 1 heterocycles. The predicted octanol–water partition coefficient (Wildman–Crippen LogP) is 1.82. The minimum absolute atomic E-state index is 0.0135. The van der Waals surface area contributed by atoms with Crippen molar-refractivity contribution < 1.29 is 14.0 Å². The summed E-state index contributed by atoms with van der Waals surface area (Å²) >= 11 is 0. The quantitative estimate of drug-likeness (QED) is 0.639. The molecular formula is C19H30FN5O2. The maximum atomic E-state index is 15.0. The SMILES string of the molecule is CNC(=O)c1c(N(C=O)C2CC2)nc(N(C)CCC(C)C(C)N)c(F)c1C. The first-order valence-corrected chi connectivity index (χ1v) is 9.35. The molecule has 0 radical (unpaired) electrons. The molecule has 27 heavy (non-hydrogen) atoms. The first-order chi connectivity index (χ1) is 12.7. The van der Waals surface area contributed by atoms with Crippen LogP contribution >= 0.6 is 0 Å². The van der Waals surface area contributed by atoms with E-state index in [4.69, 9.17) is 5.73 Å². The number of pyridine rings is 1. The molecule has 2 atom stereocenters. The van der Waals surface area contributed by atoms with Crippen molar-refractivity contribution in [3.63, 3.8) is 0 Å². The highest BCUT2D eigenvalue weighted by Gasteiger charge is 2.34. The van der Waals surface area contributed by atoms with Crippen molar-refractivity contribution in [2.24, 2.45) is 11.7 Å². The zero-order valence-electron chi connectivity index (χ0n) is 16.8. The molecule has 1 aromatic rings. The maximum absolute atomic E-state index is 15.0. The van der Waals surface area contributed by atoms with Gasteiger partial charge in [-0.3, -0.25) is 14.5 Å². The smallest absolute Gasteiger partial charge is 0.255 e. The summed E-state index contributed by atoms with van der Waals surface area (Å²) < 4.78 is 15.0. The van der Waals surface area contributed by atoms with Gasteiger partial charge in [0.1, 0.15) is 0 Å². The molecule has 2 amide bonds. The van der Waals surface area contributed by atoms with Crippen molar-refractivity contribution in [1.82, 2.24) is 10.3 Å². The highest BCUT2D eigenvalue weighted by atomic mass is 19.1. The van der Waals surface area contributed by atoms with Crippen molar-refractivity contribution >= 4 is 24.0 Å². The van der Waals surface area contributed by atoms with E-state index in [1.54, 1.807) is 18.9 Å². The average Bonchev–Trinajstić information content (AvgIpc) is 3.47. The molecule has 150 valence electrons. The number of nitrogens with one attached hydrogen (secondary N) is 1. The highest BCUT2D eigenvalue weighted by Crippen LogP contribution is 2.35. The summed E-state index contributed by atoms with van der Waals surface area (Å²) in [5.41, 5.74) is 6.20. The summed E-state index contributed by atoms with van der Waals surface area (Å²) in [4.78, 5) is 31.6. The predicted molar refractivity (Wildman–Crippen MR) is 105 cm³/mol. The standard InChI is InChI=1S/C19H30FN5O2/c1-11(13(3)21)8-9-24(5)18-16(20)12(2)15(19(27)22-4)17(23-18)25(10-26)14-6-7-14/h10-11,13-14H,6-9,21H2,1-5H3,(H,22,27). The van der Waals surface area contributed by atoms with Gasteiger partial charge >= 0.3 is 0 Å². The minimum Gasteiger partial charge on any atom is -0.357 e. The summed E-state index contributed by atoms with van der Waals surface area (Å²) in [6.07, 6.45) is 3.15. The molecule has 2 rings (SSSR count). The Balaban J connectivity index is 2.45. The number of hydrogen-bond acceptors (Lipinski definition) is 5. The molecule has 0 aromatic carbocycles. The van der Waals surface area contributed by atoms with E-state index in [0.29, 0.717) is 13.0 Å². The lowest BCUT2D eigenvalue weighted by molar-refractivity contribution is -0.107. The summed E-state index contributed by atoms with van der Waals surface area (Å²) in [5.74, 6) is -0.373. The lowest BCUT2D eigenvalue weighted by Crippen LogP contribution is -2.33. The summed E-state index contributed by atoms with van der Waals surface area (Å²) in [7, 11) is 3.23. The van der Waals surface area contributed by atoms with Crippen LogP contribution in [0.4, 0.5) is 16.0 Å². The summed E-state index contributed by atoms with van der Waals surface area (Å²) in [6.45, 7) is 6.11. The number of halogens is 1. The lowest BCUT2D eigenvalue weighted by Gasteiger charge is -2.26. The van der Waals surface area contributed by atoms with E-state index >= 15 is 4.39 Å². The van der Waals surface area contributed by atoms with Crippen LogP contribution in [0, 0.1) is 18.7 Å². The van der Waals surface area contributed by atoms with Gasteiger partial charge in [-0.25, -0.2) is 9.37 Å². The Morgan fingerprint density at radius 1 is 1.41 bits per heavy atom. The average molecular weight is 379 g/mol. The molecule has 1 saturated carbocycles. The number of nitrogens with zero attached hydrogens (tertiary/aromatic N) is 3. The Kier molecular flexibility index (Phi) is 6.75. The van der Waals surface area contributed by atoms with E-state index in [1.165, 1.54) is 11.9 Å². The second-order valence-electron chi connectivity index (χ2n) is 7.44. The molecule has 1 fully saturated rings. The molecule has 0 spiro atoms. The van der Waals surface area contributed by atoms with E-state index in [9.17, 15) is 9.59 Å². The van der Waals surface area contributed by atoms with Gasteiger partial charge in [0, 0.05) is 38.3 Å². The molecule has 2 unspecified atom stereocenters. The van der Waals surface area contributed by atoms with Crippen LogP contribution in [0.5, 0.6) is 0 Å². The normalized spacial score (nSPS) is 15.8. The maximum Gasteiger partial charge on any atom is 0.255 e. The number of hydrogen-bond donors (Lipinski definition) is 2. The highest BCUT2D eigenvalue weighted by molar-refractivity contribution is 6.02. The number of rotatable bonds is 9. The zero-order valence-corrected chi connectivity index (χ0v) is 16.8. The van der Waals surface area contributed by atoms with Gasteiger partial charge in [0.25, 0.3) is 5.91 Å². The molecule has 0 saturated heterocycles. The second-order valence-corrected chi connectivity index (χ2v) is 7.44. The third kappa shape index (κ3) is 4.55. The Hall–Kier alpha value is -2.22. The van der Waals surface area contributed by atoms with Crippen LogP contribution in [0.25, 0.3) is 0 Å². The van der Waals surface area contributed by atoms with Crippen LogP contribution in [0.15, 0.2) is 0 Å². The Morgan fingerprint density at radius 2 is 2.04 bits per heavy atom. The van der Waals surface area contributed by atoms with E-state index in [0.717, 1.165) is 19.3 Å². The largest absolute Gasteiger partial charge is 0.357 e. The summed E-state index contributed by atoms with van der Waals surface area (Å²) in [6, 6.07) is 0.0593. The number of carbonyl (C=O) groups is 2. The fourth-order valence-electron chi connectivity index (χ4n) is 2.91. The molecule has 0 aliphatic heterocycles. The Labute approximate surface area is 160 Å². The molecule has 1 aliphatic carbocycles. The Bertz CT molecular complexity index is 706. The van der Waals surface area contributed by atoms with Gasteiger partial charge < -0.3 is 16.0 Å². The van der Waals surface area contributed by atoms with Gasteiger partial charge in [0.05, 0.1) is 5.56 Å². The van der Waals surface area contributed by atoms with Gasteiger partial charge in [0.2, 0.25) is 6.41 Å². The number of nitrogens with two attached hydrogens (primary N) is 1. The fourth-order valence-corrected chi connectivity index (χ4v) is 2.91. The number of aromatic nitrogens is 1. The third-order valence-corrected chi connectivity index (χ3v) is 5.27. The van der Waals surface area contributed by atoms with Crippen LogP contribution in [0.1, 0.15) is 49.0 Å². The van der Waals surface area contributed by atoms with Crippen molar-refractivity contribution in [2.45, 2.75) is 52.1 Å². The number of amides is 2. The third-order valence-electron chi connectivity index (χ3n) is 5.27. The Morgan fingerprint density at radius 3 is 2.52 bits per heavy atom. The van der Waals surface area contributed by atoms with Crippen LogP contribution in [-0.4, -0.2) is 50.0 Å². The van der Waals surface area contributed by atoms with Gasteiger partial charge in [-0.05, 0) is 39.0 Å². The lowest BCUT2D eigenvalue weighted by atomic mass is 10.0. The van der Waals surface area contributed by atoms with Crippen molar-refractivity contribution in [1.29, 1.82) is 0 Å². The fraction of sp³-hybridized carbons (Fsp3) is 0.632. The minimum atomic E-state index is -0.546. The van der Waals surface area contributed by atoms with Gasteiger partial charge in [-0.1, -0.05) is 6.92 Å². The van der Waals surface area contributed by atoms with Crippen molar-refractivity contribution in [3.8, 4) is 0 Å². The van der Waals surface area contributed by atoms with Crippen LogP contribution in [0.3, 0.4) is 0 Å². The monoisotopic (exact) mass is 379 g/mol. The van der Waals surface area contributed by atoms with Crippen LogP contribution < -0.4 is 20.9 Å². The first kappa shape index (κ1) is 21.1. The topological polar surface area (TPSA) is 91.6 Å². The molecular weight excluding hydrogens is 349 g/mol. The molecule has 1 aromatic heterocycles. The van der Waals surface area contributed by atoms with Crippen LogP contribution in [0.2, 0.25) is 0 Å². The van der Waals surface area contributed by atoms with Crippen molar-refractivity contribution in [3.05, 3.63) is 16.9 Å². The molecule has 1 aliphatic rings. The molecule has 7 nitrogen and oxygen atoms in total. The van der Waals surface area contributed by atoms with Gasteiger partial charge in [-0.2, -0.15) is 0 Å². The van der Waals surface area contributed by atoms with E-state index < -0.39 is 11.7 Å². The first-order valence-electron chi connectivity index (χ1n) is 9.35. The van der Waals surface area contributed by atoms with Crippen molar-refractivity contribution in [2.75, 3.05) is 30.4 Å². The van der Waals surface area contributed by atoms with Crippen LogP contribution in [-0.2, 0) is 4.79 Å². The summed E-state index contributed by atoms with van der Waals surface area (Å²) in [5, 5.41) is 2.51. The van der Waals surface area contributed by atoms with Gasteiger partial charge in [0.15, 0.2) is 17.5 Å². The number of carbonyl (C=O) groups excluding carboxylic acids is 2. The number of anilines is 2.